The summed E-state index contributed by atoms with van der Waals surface area (Å²) in [6, 6.07) is 0. The van der Waals surface area contributed by atoms with Crippen LogP contribution in [0.15, 0.2) is 0 Å². The Hall–Kier alpha value is -1.23. The first-order chi connectivity index (χ1) is 8.65. The number of rotatable bonds is 1. The van der Waals surface area contributed by atoms with Crippen LogP contribution in [-0.2, 0) is 30.6 Å². The van der Waals surface area contributed by atoms with Gasteiger partial charge in [0.1, 0.15) is 5.21 Å². The Labute approximate surface area is 115 Å². The summed E-state index contributed by atoms with van der Waals surface area (Å²) in [6.45, 7) is 6.62. The van der Waals surface area contributed by atoms with Crippen LogP contribution < -0.4 is 4.68 Å². The molecule has 0 amide bonds. The van der Waals surface area contributed by atoms with Crippen LogP contribution in [0.1, 0.15) is 26.6 Å². The number of halogens is 3. The Morgan fingerprint density at radius 2 is 1.70 bits per heavy atom. The molecule has 1 heterocycles. The highest BCUT2D eigenvalue weighted by molar-refractivity contribution is 7.86. The molecular formula is C9H17F3N4O3S. The summed E-state index contributed by atoms with van der Waals surface area (Å²) in [6.07, 6.45) is 0.993. The van der Waals surface area contributed by atoms with E-state index in [9.17, 15) is 13.2 Å². The first kappa shape index (κ1) is 18.8. The van der Waals surface area contributed by atoms with E-state index in [-0.39, 0.29) is 5.41 Å². The van der Waals surface area contributed by atoms with Gasteiger partial charge in [-0.1, -0.05) is 25.5 Å². The summed E-state index contributed by atoms with van der Waals surface area (Å²) in [5.41, 5.74) is -5.36. The molecule has 118 valence electrons. The van der Waals surface area contributed by atoms with E-state index in [0.717, 1.165) is 12.2 Å². The fourth-order valence-electron chi connectivity index (χ4n) is 1.14. The Morgan fingerprint density at radius 1 is 1.30 bits per heavy atom. The third-order valence-corrected chi connectivity index (χ3v) is 2.59. The zero-order valence-electron chi connectivity index (χ0n) is 11.8. The largest absolute Gasteiger partial charge is 0.741 e. The van der Waals surface area contributed by atoms with Gasteiger partial charge in [0.15, 0.2) is 15.3 Å². The smallest absolute Gasteiger partial charge is 0.485 e. The van der Waals surface area contributed by atoms with E-state index >= 15 is 0 Å². The van der Waals surface area contributed by atoms with Crippen molar-refractivity contribution in [3.63, 3.8) is 0 Å². The van der Waals surface area contributed by atoms with Crippen LogP contribution in [0.4, 0.5) is 13.2 Å². The Kier molecular flexibility index (Phi) is 5.67. The van der Waals surface area contributed by atoms with Gasteiger partial charge in [0.2, 0.25) is 0 Å². The van der Waals surface area contributed by atoms with Gasteiger partial charge in [-0.3, -0.25) is 0 Å². The standard InChI is InChI=1S/C8H17N4.CHF3O3S/c1-8(2,3)6-7-11(4)9-10-12(7)5;2-1(3,4)8(5,6)7/h6H2,1-5H3;(H,5,6,7)/q+1;/p-1. The first-order valence-electron chi connectivity index (χ1n) is 5.42. The SMILES string of the molecule is Cn1nn[n+](C)c1CC(C)(C)C.O=S(=O)([O-])C(F)(F)F. The highest BCUT2D eigenvalue weighted by Gasteiger charge is 2.36. The number of nitrogens with zero attached hydrogens (tertiary/aromatic N) is 4. The quantitative estimate of drug-likeness (QED) is 0.421. The highest BCUT2D eigenvalue weighted by Crippen LogP contribution is 2.20. The van der Waals surface area contributed by atoms with Gasteiger partial charge in [-0.15, -0.1) is 4.68 Å². The molecule has 0 radical (unpaired) electrons. The lowest BCUT2D eigenvalue weighted by molar-refractivity contribution is -0.739. The molecule has 0 spiro atoms. The second-order valence-corrected chi connectivity index (χ2v) is 6.65. The predicted molar refractivity (Wildman–Crippen MR) is 61.1 cm³/mol. The maximum absolute atomic E-state index is 10.7. The summed E-state index contributed by atoms with van der Waals surface area (Å²) in [7, 11) is -2.24. The van der Waals surface area contributed by atoms with Gasteiger partial charge in [-0.05, 0) is 5.41 Å². The topological polar surface area (TPSA) is 91.8 Å². The lowest BCUT2D eigenvalue weighted by Crippen LogP contribution is -2.37. The molecule has 1 aromatic rings. The van der Waals surface area contributed by atoms with Crippen molar-refractivity contribution in [2.24, 2.45) is 19.5 Å². The van der Waals surface area contributed by atoms with Crippen molar-refractivity contribution in [2.45, 2.75) is 32.7 Å². The molecule has 0 aliphatic heterocycles. The van der Waals surface area contributed by atoms with E-state index in [0.29, 0.717) is 0 Å². The molecule has 0 aromatic carbocycles. The normalized spacial score (nSPS) is 12.8. The number of hydrogen-bond donors (Lipinski definition) is 0. The average Bonchev–Trinajstić information content (AvgIpc) is 2.45. The van der Waals surface area contributed by atoms with Gasteiger partial charge >= 0.3 is 5.51 Å². The highest BCUT2D eigenvalue weighted by atomic mass is 32.2. The van der Waals surface area contributed by atoms with Crippen molar-refractivity contribution in [2.75, 3.05) is 0 Å². The first-order valence-corrected chi connectivity index (χ1v) is 6.83. The molecule has 0 N–H and O–H groups in total. The zero-order chi connectivity index (χ0) is 16.4. The zero-order valence-corrected chi connectivity index (χ0v) is 12.6. The second-order valence-electron chi connectivity index (χ2n) is 5.28. The predicted octanol–water partition coefficient (Wildman–Crippen LogP) is 0.280. The van der Waals surface area contributed by atoms with Crippen molar-refractivity contribution >= 4 is 10.1 Å². The minimum absolute atomic E-state index is 0.285. The lowest BCUT2D eigenvalue weighted by atomic mass is 9.92. The van der Waals surface area contributed by atoms with E-state index in [1.165, 1.54) is 0 Å². The van der Waals surface area contributed by atoms with Crippen molar-refractivity contribution in [3.05, 3.63) is 5.82 Å². The van der Waals surface area contributed by atoms with Crippen molar-refractivity contribution < 1.29 is 30.8 Å². The fraction of sp³-hybridized carbons (Fsp3) is 0.889. The number of tetrazole rings is 1. The number of aromatic nitrogens is 4. The third kappa shape index (κ3) is 6.28. The summed E-state index contributed by atoms with van der Waals surface area (Å²) in [4.78, 5) is 0. The van der Waals surface area contributed by atoms with Crippen LogP contribution in [0.5, 0.6) is 0 Å². The average molecular weight is 318 g/mol. The van der Waals surface area contributed by atoms with Crippen molar-refractivity contribution in [1.29, 1.82) is 0 Å². The molecule has 0 atom stereocenters. The number of aryl methyl sites for hydroxylation is 2. The molecule has 0 aliphatic carbocycles. The van der Waals surface area contributed by atoms with Crippen LogP contribution in [0.3, 0.4) is 0 Å². The number of alkyl halides is 3. The molecule has 11 heteroatoms. The van der Waals surface area contributed by atoms with Crippen LogP contribution in [-0.4, -0.2) is 33.6 Å². The van der Waals surface area contributed by atoms with Gasteiger partial charge < -0.3 is 4.55 Å². The summed E-state index contributed by atoms with van der Waals surface area (Å²) >= 11 is 0. The van der Waals surface area contributed by atoms with E-state index in [1.54, 1.807) is 0 Å². The molecule has 0 saturated heterocycles. The van der Waals surface area contributed by atoms with E-state index in [1.807, 2.05) is 23.5 Å². The molecule has 7 nitrogen and oxygen atoms in total. The van der Waals surface area contributed by atoms with Gasteiger partial charge in [0, 0.05) is 6.42 Å². The Morgan fingerprint density at radius 3 is 1.90 bits per heavy atom. The minimum atomic E-state index is -6.09. The van der Waals surface area contributed by atoms with Crippen molar-refractivity contribution in [3.8, 4) is 0 Å². The maximum Gasteiger partial charge on any atom is 0.485 e. The van der Waals surface area contributed by atoms with Crippen LogP contribution in [0.25, 0.3) is 0 Å². The van der Waals surface area contributed by atoms with E-state index in [2.05, 4.69) is 31.2 Å². The summed E-state index contributed by atoms with van der Waals surface area (Å²) < 4.78 is 62.6. The molecule has 0 unspecified atom stereocenters. The number of hydrogen-bond acceptors (Lipinski definition) is 5. The van der Waals surface area contributed by atoms with E-state index < -0.39 is 15.6 Å². The molecule has 0 bridgehead atoms. The Bertz CT molecular complexity index is 526. The van der Waals surface area contributed by atoms with Crippen LogP contribution in [0, 0.1) is 5.41 Å². The van der Waals surface area contributed by atoms with Crippen LogP contribution in [0.2, 0.25) is 0 Å². The van der Waals surface area contributed by atoms with Gasteiger partial charge in [0.25, 0.3) is 5.82 Å². The van der Waals surface area contributed by atoms with Gasteiger partial charge in [-0.2, -0.15) is 13.2 Å². The molecular weight excluding hydrogens is 301 g/mol. The molecule has 0 fully saturated rings. The summed E-state index contributed by atoms with van der Waals surface area (Å²) in [5.74, 6) is 1.16. The summed E-state index contributed by atoms with van der Waals surface area (Å²) in [5, 5.41) is 7.86. The molecule has 0 saturated carbocycles. The molecule has 20 heavy (non-hydrogen) atoms. The molecule has 0 aliphatic rings. The lowest BCUT2D eigenvalue weighted by Gasteiger charge is -2.14. The van der Waals surface area contributed by atoms with E-state index in [4.69, 9.17) is 13.0 Å². The molecule has 1 aromatic heterocycles. The fourth-order valence-corrected chi connectivity index (χ4v) is 1.14. The van der Waals surface area contributed by atoms with Crippen molar-refractivity contribution in [1.82, 2.24) is 15.1 Å². The minimum Gasteiger partial charge on any atom is -0.741 e. The third-order valence-electron chi connectivity index (χ3n) is 2.03. The van der Waals surface area contributed by atoms with Gasteiger partial charge in [0.05, 0.1) is 14.1 Å². The van der Waals surface area contributed by atoms with Gasteiger partial charge in [-0.25, -0.2) is 8.42 Å². The maximum atomic E-state index is 10.7. The molecule has 1 rings (SSSR count). The second kappa shape index (κ2) is 6.04. The van der Waals surface area contributed by atoms with Crippen LogP contribution >= 0.6 is 0 Å². The Balaban J connectivity index is 0.000000396. The monoisotopic (exact) mass is 318 g/mol.